The molecule has 1 aromatic carbocycles. The molecular weight excluding hydrogens is 320 g/mol. The monoisotopic (exact) mass is 334 g/mol. The van der Waals surface area contributed by atoms with Gasteiger partial charge in [-0.15, -0.1) is 10.2 Å². The van der Waals surface area contributed by atoms with Crippen molar-refractivity contribution in [3.8, 4) is 11.5 Å². The second-order valence-corrected chi connectivity index (χ2v) is 7.03. The summed E-state index contributed by atoms with van der Waals surface area (Å²) in [7, 11) is -3.77. The third kappa shape index (κ3) is 3.00. The lowest BCUT2D eigenvalue weighted by molar-refractivity contribution is 0.174. The number of hydrogen-bond acceptors (Lipinski definition) is 7. The molecule has 1 aliphatic carbocycles. The van der Waals surface area contributed by atoms with Crippen molar-refractivity contribution in [2.24, 2.45) is 0 Å². The van der Waals surface area contributed by atoms with Crippen LogP contribution in [0.1, 0.15) is 12.8 Å². The van der Waals surface area contributed by atoms with Crippen LogP contribution in [0, 0.1) is 0 Å². The lowest BCUT2D eigenvalue weighted by atomic mass is 10.3. The van der Waals surface area contributed by atoms with Gasteiger partial charge in [-0.25, -0.2) is 8.42 Å². The van der Waals surface area contributed by atoms with Gasteiger partial charge in [0.2, 0.25) is 6.79 Å². The first-order chi connectivity index (χ1) is 11.1. The Bertz CT molecular complexity index is 834. The molecule has 8 nitrogen and oxygen atoms in total. The highest BCUT2D eigenvalue weighted by atomic mass is 32.2. The zero-order valence-corrected chi connectivity index (χ0v) is 12.8. The number of hydrogen-bond donors (Lipinski definition) is 2. The van der Waals surface area contributed by atoms with Crippen LogP contribution in [-0.2, 0) is 10.0 Å². The maximum atomic E-state index is 12.4. The van der Waals surface area contributed by atoms with Crippen molar-refractivity contribution >= 4 is 21.7 Å². The van der Waals surface area contributed by atoms with Crippen molar-refractivity contribution in [2.75, 3.05) is 16.8 Å². The number of ether oxygens (including phenoxy) is 2. The predicted octanol–water partition coefficient (Wildman–Crippen LogP) is 1.58. The van der Waals surface area contributed by atoms with E-state index in [0.717, 1.165) is 12.8 Å². The molecule has 0 bridgehead atoms. The minimum absolute atomic E-state index is 0.0729. The number of benzene rings is 1. The highest BCUT2D eigenvalue weighted by molar-refractivity contribution is 7.92. The molecule has 0 unspecified atom stereocenters. The second kappa shape index (κ2) is 5.27. The van der Waals surface area contributed by atoms with Gasteiger partial charge in [-0.05, 0) is 37.1 Å². The number of fused-ring (bicyclic) bond motifs is 1. The van der Waals surface area contributed by atoms with Crippen LogP contribution in [0.4, 0.5) is 11.6 Å². The zero-order valence-electron chi connectivity index (χ0n) is 12.0. The molecule has 1 aromatic heterocycles. The Balaban J connectivity index is 1.52. The molecule has 1 aliphatic heterocycles. The molecular formula is C14H14N4O4S. The van der Waals surface area contributed by atoms with Crippen LogP contribution >= 0.6 is 0 Å². The molecule has 0 atom stereocenters. The molecule has 0 saturated heterocycles. The largest absolute Gasteiger partial charge is 0.454 e. The Morgan fingerprint density at radius 1 is 1.00 bits per heavy atom. The summed E-state index contributed by atoms with van der Waals surface area (Å²) in [5.74, 6) is 1.73. The third-order valence-corrected chi connectivity index (χ3v) is 4.84. The first-order valence-electron chi connectivity index (χ1n) is 7.13. The Kier molecular flexibility index (Phi) is 3.22. The molecule has 120 valence electrons. The molecule has 1 fully saturated rings. The number of nitrogens with zero attached hydrogens (tertiary/aromatic N) is 2. The van der Waals surface area contributed by atoms with Crippen molar-refractivity contribution in [3.63, 3.8) is 0 Å². The fourth-order valence-corrected chi connectivity index (χ4v) is 3.15. The van der Waals surface area contributed by atoms with Crippen LogP contribution in [0.15, 0.2) is 35.2 Å². The molecule has 2 heterocycles. The highest BCUT2D eigenvalue weighted by Crippen LogP contribution is 2.34. The first kappa shape index (κ1) is 14.1. The fourth-order valence-electron chi connectivity index (χ4n) is 2.14. The van der Waals surface area contributed by atoms with Gasteiger partial charge in [0, 0.05) is 12.1 Å². The van der Waals surface area contributed by atoms with Crippen LogP contribution < -0.4 is 19.5 Å². The summed E-state index contributed by atoms with van der Waals surface area (Å²) in [6.07, 6.45) is 2.25. The Hall–Kier alpha value is -2.55. The SMILES string of the molecule is O=S(=O)(Nc1ccc(NC2CC2)nn1)c1ccc2c(c1)OCO2. The average Bonchev–Trinajstić information content (AvgIpc) is 3.22. The van der Waals surface area contributed by atoms with E-state index in [1.165, 1.54) is 12.1 Å². The van der Waals surface area contributed by atoms with Gasteiger partial charge in [0.05, 0.1) is 4.90 Å². The number of aromatic nitrogens is 2. The summed E-state index contributed by atoms with van der Waals surface area (Å²) in [6.45, 7) is 0.0905. The summed E-state index contributed by atoms with van der Waals surface area (Å²) in [5.41, 5.74) is 0. The number of sulfonamides is 1. The quantitative estimate of drug-likeness (QED) is 0.855. The van der Waals surface area contributed by atoms with Crippen LogP contribution in [0.25, 0.3) is 0 Å². The lowest BCUT2D eigenvalue weighted by Crippen LogP contribution is -2.14. The van der Waals surface area contributed by atoms with E-state index < -0.39 is 10.0 Å². The standard InChI is InChI=1S/C14H14N4O4S/c19-23(20,10-3-4-11-12(7-10)22-8-21-11)18-14-6-5-13(16-17-14)15-9-1-2-9/h3-7,9H,1-2,8H2,(H,15,16)(H,17,18). The first-order valence-corrected chi connectivity index (χ1v) is 8.61. The van der Waals surface area contributed by atoms with Crippen LogP contribution in [0.5, 0.6) is 11.5 Å². The summed E-state index contributed by atoms with van der Waals surface area (Å²) in [6, 6.07) is 8.16. The third-order valence-electron chi connectivity index (χ3n) is 3.49. The van der Waals surface area contributed by atoms with Crippen molar-refractivity contribution in [3.05, 3.63) is 30.3 Å². The van der Waals surface area contributed by atoms with E-state index in [1.54, 1.807) is 18.2 Å². The van der Waals surface area contributed by atoms with E-state index in [9.17, 15) is 8.42 Å². The molecule has 1 saturated carbocycles. The lowest BCUT2D eigenvalue weighted by Gasteiger charge is -2.08. The fraction of sp³-hybridized carbons (Fsp3) is 0.286. The van der Waals surface area contributed by atoms with E-state index in [0.29, 0.717) is 23.4 Å². The summed E-state index contributed by atoms with van der Waals surface area (Å²) in [5, 5.41) is 11.0. The molecule has 0 spiro atoms. The minimum Gasteiger partial charge on any atom is -0.454 e. The molecule has 2 N–H and O–H groups in total. The van der Waals surface area contributed by atoms with Gasteiger partial charge in [0.25, 0.3) is 10.0 Å². The molecule has 23 heavy (non-hydrogen) atoms. The average molecular weight is 334 g/mol. The van der Waals surface area contributed by atoms with Crippen LogP contribution in [0.3, 0.4) is 0 Å². The molecule has 4 rings (SSSR count). The van der Waals surface area contributed by atoms with E-state index in [2.05, 4.69) is 20.2 Å². The summed E-state index contributed by atoms with van der Waals surface area (Å²) < 4.78 is 37.5. The van der Waals surface area contributed by atoms with Gasteiger partial charge in [-0.3, -0.25) is 4.72 Å². The number of rotatable bonds is 5. The second-order valence-electron chi connectivity index (χ2n) is 5.34. The molecule has 0 amide bonds. The van der Waals surface area contributed by atoms with Gasteiger partial charge in [-0.2, -0.15) is 0 Å². The summed E-state index contributed by atoms with van der Waals surface area (Å²) >= 11 is 0. The zero-order chi connectivity index (χ0) is 15.9. The van der Waals surface area contributed by atoms with Gasteiger partial charge in [0.1, 0.15) is 5.82 Å². The maximum Gasteiger partial charge on any atom is 0.263 e. The van der Waals surface area contributed by atoms with Gasteiger partial charge >= 0.3 is 0 Å². The predicted molar refractivity (Wildman–Crippen MR) is 82.1 cm³/mol. The number of anilines is 2. The topological polar surface area (TPSA) is 102 Å². The summed E-state index contributed by atoms with van der Waals surface area (Å²) in [4.78, 5) is 0.0729. The Morgan fingerprint density at radius 3 is 2.48 bits per heavy atom. The van der Waals surface area contributed by atoms with Crippen LogP contribution in [0.2, 0.25) is 0 Å². The van der Waals surface area contributed by atoms with Crippen molar-refractivity contribution in [1.29, 1.82) is 0 Å². The smallest absolute Gasteiger partial charge is 0.263 e. The van der Waals surface area contributed by atoms with E-state index in [-0.39, 0.29) is 17.5 Å². The van der Waals surface area contributed by atoms with Gasteiger partial charge in [-0.1, -0.05) is 0 Å². The molecule has 2 aromatic rings. The van der Waals surface area contributed by atoms with E-state index >= 15 is 0 Å². The van der Waals surface area contributed by atoms with Gasteiger partial charge in [0.15, 0.2) is 17.3 Å². The normalized spacial score (nSPS) is 16.2. The van der Waals surface area contributed by atoms with Crippen molar-refractivity contribution in [2.45, 2.75) is 23.8 Å². The molecule has 2 aliphatic rings. The van der Waals surface area contributed by atoms with Gasteiger partial charge < -0.3 is 14.8 Å². The highest BCUT2D eigenvalue weighted by Gasteiger charge is 2.22. The molecule has 9 heteroatoms. The molecule has 0 radical (unpaired) electrons. The number of nitrogens with one attached hydrogen (secondary N) is 2. The van der Waals surface area contributed by atoms with E-state index in [4.69, 9.17) is 9.47 Å². The van der Waals surface area contributed by atoms with E-state index in [1.807, 2.05) is 0 Å². The Labute approximate surface area is 132 Å². The van der Waals surface area contributed by atoms with Crippen molar-refractivity contribution < 1.29 is 17.9 Å². The Morgan fingerprint density at radius 2 is 1.74 bits per heavy atom. The minimum atomic E-state index is -3.77. The van der Waals surface area contributed by atoms with Crippen molar-refractivity contribution in [1.82, 2.24) is 10.2 Å². The van der Waals surface area contributed by atoms with Crippen LogP contribution in [-0.4, -0.2) is 31.4 Å². The maximum absolute atomic E-state index is 12.4.